The number of aliphatic hydroxyl groups is 2. The molecule has 1 saturated heterocycles. The Morgan fingerprint density at radius 1 is 1.60 bits per heavy atom. The molecule has 0 saturated carbocycles. The molecule has 8 heteroatoms. The smallest absolute Gasteiger partial charge is 1.00 e. The van der Waals surface area contributed by atoms with Gasteiger partial charge in [0.2, 0.25) is 5.91 Å². The van der Waals surface area contributed by atoms with E-state index in [9.17, 15) is 19.8 Å². The van der Waals surface area contributed by atoms with E-state index in [0.29, 0.717) is 23.5 Å². The van der Waals surface area contributed by atoms with Crippen LogP contribution < -0.4 is 18.9 Å². The molecule has 6 nitrogen and oxygen atoms in total. The summed E-state index contributed by atoms with van der Waals surface area (Å²) in [6.45, 7) is 1.61. The second-order valence-corrected chi connectivity index (χ2v) is 5.94. The van der Waals surface area contributed by atoms with Crippen LogP contribution in [0.15, 0.2) is 10.6 Å². The molecule has 3 unspecified atom stereocenters. The van der Waals surface area contributed by atoms with Gasteiger partial charge in [-0.2, -0.15) is 0 Å². The van der Waals surface area contributed by atoms with E-state index in [1.54, 1.807) is 6.92 Å². The van der Waals surface area contributed by atoms with Gasteiger partial charge in [-0.1, -0.05) is 0 Å². The van der Waals surface area contributed by atoms with Crippen LogP contribution in [0.3, 0.4) is 0 Å². The Bertz CT molecular complexity index is 445. The van der Waals surface area contributed by atoms with Gasteiger partial charge in [0.15, 0.2) is 0 Å². The average molecular weight is 295 g/mol. The van der Waals surface area contributed by atoms with Crippen LogP contribution in [-0.4, -0.2) is 56.6 Å². The number of fused-ring (bicyclic) bond motifs is 1. The van der Waals surface area contributed by atoms with Gasteiger partial charge in [0, 0.05) is 17.9 Å². The van der Waals surface area contributed by atoms with Crippen LogP contribution in [-0.2, 0) is 9.59 Å². The van der Waals surface area contributed by atoms with Crippen molar-refractivity contribution in [1.82, 2.24) is 4.90 Å². The molecule has 0 aliphatic carbocycles. The predicted molar refractivity (Wildman–Crippen MR) is 70.4 cm³/mol. The third kappa shape index (κ3) is 2.92. The zero-order chi connectivity index (χ0) is 14.2. The number of β-lactam (4-membered cyclic amide) rings is 1. The monoisotopic (exact) mass is 295 g/mol. The minimum atomic E-state index is -1.11. The fourth-order valence-electron chi connectivity index (χ4n) is 2.62. The van der Waals surface area contributed by atoms with Crippen molar-refractivity contribution in [3.8, 4) is 0 Å². The van der Waals surface area contributed by atoms with Crippen molar-refractivity contribution in [3.63, 3.8) is 0 Å². The van der Waals surface area contributed by atoms with E-state index in [1.165, 1.54) is 16.7 Å². The van der Waals surface area contributed by atoms with E-state index < -0.39 is 18.0 Å². The normalized spacial score (nSPS) is 25.9. The van der Waals surface area contributed by atoms with Gasteiger partial charge in [0.1, 0.15) is 5.70 Å². The number of carboxylic acid groups (broad SMARTS) is 1. The first-order chi connectivity index (χ1) is 8.99. The Labute approximate surface area is 134 Å². The minimum Gasteiger partial charge on any atom is -1.00 e. The Balaban J connectivity index is 0.00000200. The molecule has 2 aliphatic rings. The van der Waals surface area contributed by atoms with Gasteiger partial charge in [0.25, 0.3) is 0 Å². The number of nitrogens with zero attached hydrogens (tertiary/aromatic N) is 1. The molecule has 2 rings (SSSR count). The first-order valence-electron chi connectivity index (χ1n) is 6.20. The maximum atomic E-state index is 11.9. The Hall–Kier alpha value is -0.453. The van der Waals surface area contributed by atoms with Crippen molar-refractivity contribution < 1.29 is 45.2 Å². The number of thioether (sulfide) groups is 1. The zero-order valence-corrected chi connectivity index (χ0v) is 12.4. The molecule has 1 amide bonds. The Morgan fingerprint density at radius 2 is 2.25 bits per heavy atom. The quantitative estimate of drug-likeness (QED) is 0.277. The first kappa shape index (κ1) is 17.6. The predicted octanol–water partition coefficient (Wildman–Crippen LogP) is -2.87. The van der Waals surface area contributed by atoms with Gasteiger partial charge in [-0.05, 0) is 19.1 Å². The zero-order valence-electron chi connectivity index (χ0n) is 12.6. The van der Waals surface area contributed by atoms with Crippen molar-refractivity contribution in [2.45, 2.75) is 31.9 Å². The number of rotatable bonds is 6. The molecule has 0 aromatic rings. The molecular formula is C12H18LiNO5S. The van der Waals surface area contributed by atoms with Crippen LogP contribution in [0.1, 0.15) is 21.2 Å². The van der Waals surface area contributed by atoms with Crippen LogP contribution in [0.25, 0.3) is 0 Å². The number of carbonyl (C=O) groups excluding carboxylic acids is 1. The maximum absolute atomic E-state index is 11.9. The van der Waals surface area contributed by atoms with E-state index in [1.807, 2.05) is 0 Å². The molecule has 0 spiro atoms. The third-order valence-corrected chi connectivity index (χ3v) is 4.67. The molecule has 108 valence electrons. The maximum Gasteiger partial charge on any atom is 1.00 e. The van der Waals surface area contributed by atoms with Crippen molar-refractivity contribution in [1.29, 1.82) is 0 Å². The van der Waals surface area contributed by atoms with E-state index in [4.69, 9.17) is 5.11 Å². The van der Waals surface area contributed by atoms with Gasteiger partial charge in [-0.3, -0.25) is 4.79 Å². The van der Waals surface area contributed by atoms with Crippen molar-refractivity contribution >= 4 is 23.6 Å². The van der Waals surface area contributed by atoms with Gasteiger partial charge in [-0.25, -0.2) is 4.79 Å². The molecule has 1 fully saturated rings. The second-order valence-electron chi connectivity index (χ2n) is 4.75. The van der Waals surface area contributed by atoms with Crippen molar-refractivity contribution in [2.24, 2.45) is 5.92 Å². The first-order valence-corrected chi connectivity index (χ1v) is 7.18. The second kappa shape index (κ2) is 7.01. The SMILES string of the molecule is CC(O)C1C(=O)N2C(C(=O)O)=C(SCCCO)CC12.[H-].[Li+]. The van der Waals surface area contributed by atoms with E-state index in [2.05, 4.69) is 0 Å². The summed E-state index contributed by atoms with van der Waals surface area (Å²) >= 11 is 1.37. The number of aliphatic carboxylic acids is 1. The third-order valence-electron chi connectivity index (χ3n) is 3.47. The topological polar surface area (TPSA) is 98.1 Å². The molecule has 20 heavy (non-hydrogen) atoms. The molecule has 2 heterocycles. The summed E-state index contributed by atoms with van der Waals surface area (Å²) in [7, 11) is 0. The van der Waals surface area contributed by atoms with Crippen LogP contribution in [0.4, 0.5) is 0 Å². The summed E-state index contributed by atoms with van der Waals surface area (Å²) in [4.78, 5) is 25.1. The molecule has 0 bridgehead atoms. The standard InChI is InChI=1S/C12H17NO5S.Li.H/c1-6(15)9-7-5-8(19-4-2-3-14)10(12(17)18)13(7)11(9)16;;/h6-7,9,14-15H,2-5H2,1H3,(H,17,18);;/q;+1;-1. The number of amides is 1. The Kier molecular flexibility index (Phi) is 6.17. The number of hydrogen-bond donors (Lipinski definition) is 3. The van der Waals surface area contributed by atoms with Crippen LogP contribution >= 0.6 is 11.8 Å². The fourth-order valence-corrected chi connectivity index (χ4v) is 3.75. The number of hydrogen-bond acceptors (Lipinski definition) is 5. The molecule has 3 N–H and O–H groups in total. The molecular weight excluding hydrogens is 277 g/mol. The fraction of sp³-hybridized carbons (Fsp3) is 0.667. The van der Waals surface area contributed by atoms with Gasteiger partial charge < -0.3 is 21.6 Å². The van der Waals surface area contributed by atoms with Crippen molar-refractivity contribution in [3.05, 3.63) is 10.6 Å². The largest absolute Gasteiger partial charge is 1.00 e. The summed E-state index contributed by atoms with van der Waals surface area (Å²) in [5.41, 5.74) is 0.0508. The molecule has 0 radical (unpaired) electrons. The summed E-state index contributed by atoms with van der Waals surface area (Å²) < 4.78 is 0. The molecule has 2 aliphatic heterocycles. The Morgan fingerprint density at radius 3 is 2.75 bits per heavy atom. The van der Waals surface area contributed by atoms with Crippen LogP contribution in [0, 0.1) is 5.92 Å². The molecule has 0 aromatic carbocycles. The average Bonchev–Trinajstić information content (AvgIpc) is 2.64. The van der Waals surface area contributed by atoms with Crippen LogP contribution in [0.5, 0.6) is 0 Å². The summed E-state index contributed by atoms with van der Waals surface area (Å²) in [6, 6.07) is -0.227. The van der Waals surface area contributed by atoms with E-state index >= 15 is 0 Å². The van der Waals surface area contributed by atoms with Gasteiger partial charge in [-0.15, -0.1) is 11.8 Å². The molecule has 3 atom stereocenters. The van der Waals surface area contributed by atoms with Crippen LogP contribution in [0.2, 0.25) is 0 Å². The van der Waals surface area contributed by atoms with Crippen molar-refractivity contribution in [2.75, 3.05) is 12.4 Å². The summed E-state index contributed by atoms with van der Waals surface area (Å²) in [5.74, 6) is -1.29. The number of aliphatic hydroxyl groups excluding tert-OH is 2. The van der Waals surface area contributed by atoms with E-state index in [-0.39, 0.29) is 44.5 Å². The number of carbonyl (C=O) groups is 2. The summed E-state index contributed by atoms with van der Waals surface area (Å²) in [5, 5.41) is 27.5. The summed E-state index contributed by atoms with van der Waals surface area (Å²) in [6.07, 6.45) is 0.309. The van der Waals surface area contributed by atoms with Gasteiger partial charge >= 0.3 is 24.8 Å². The van der Waals surface area contributed by atoms with E-state index in [0.717, 1.165) is 0 Å². The van der Waals surface area contributed by atoms with Gasteiger partial charge in [0.05, 0.1) is 18.1 Å². The molecule has 0 aromatic heterocycles. The number of carboxylic acids is 1. The minimum absolute atomic E-state index is 0.